The predicted molar refractivity (Wildman–Crippen MR) is 141 cm³/mol. The van der Waals surface area contributed by atoms with Gasteiger partial charge in [-0.15, -0.1) is 11.8 Å². The first-order valence-electron chi connectivity index (χ1n) is 10.9. The summed E-state index contributed by atoms with van der Waals surface area (Å²) in [5.74, 6) is 1.58. The highest BCUT2D eigenvalue weighted by atomic mass is 32.2. The first kappa shape index (κ1) is 25.2. The molecule has 10 heteroatoms. The van der Waals surface area contributed by atoms with Gasteiger partial charge in [-0.2, -0.15) is 0 Å². The van der Waals surface area contributed by atoms with Gasteiger partial charge in [-0.1, -0.05) is 17.4 Å². The van der Waals surface area contributed by atoms with Gasteiger partial charge in [0.05, 0.1) is 28.8 Å². The molecule has 0 aliphatic carbocycles. The smallest absolute Gasteiger partial charge is 0.229 e. The fourth-order valence-electron chi connectivity index (χ4n) is 3.40. The van der Waals surface area contributed by atoms with Crippen molar-refractivity contribution in [2.75, 3.05) is 24.0 Å². The number of benzene rings is 2. The van der Waals surface area contributed by atoms with Crippen LogP contribution in [-0.2, 0) is 21.2 Å². The number of hydrogen-bond acceptors (Lipinski definition) is 8. The minimum absolute atomic E-state index is 0.0356. The molecule has 0 N–H and O–H groups in total. The summed E-state index contributed by atoms with van der Waals surface area (Å²) in [6.45, 7) is 0.344. The number of hydrogen-bond donors (Lipinski definition) is 0. The van der Waals surface area contributed by atoms with Gasteiger partial charge in [0.25, 0.3) is 0 Å². The average Bonchev–Trinajstić information content (AvgIpc) is 3.28. The standard InChI is InChI=1S/C25H25N3O4S3/c1-32-19-7-9-20(10-8-19)33-14-4-6-24(29)28(17-18-5-3-13-26-16-18)25-27-22-12-11-21(35(2,30)31)15-23(22)34-25/h3,5,7-13,15-16H,4,6,14,17H2,1-2H3. The highest BCUT2D eigenvalue weighted by Gasteiger charge is 2.21. The number of rotatable bonds is 10. The molecule has 0 fully saturated rings. The molecule has 4 aromatic rings. The Hall–Kier alpha value is -2.95. The van der Waals surface area contributed by atoms with Gasteiger partial charge >= 0.3 is 0 Å². The molecule has 1 amide bonds. The van der Waals surface area contributed by atoms with E-state index in [0.29, 0.717) is 30.0 Å². The van der Waals surface area contributed by atoms with Gasteiger partial charge in [0.15, 0.2) is 15.0 Å². The van der Waals surface area contributed by atoms with E-state index >= 15 is 0 Å². The molecule has 0 aliphatic heterocycles. The van der Waals surface area contributed by atoms with Crippen LogP contribution in [0.25, 0.3) is 10.2 Å². The lowest BCUT2D eigenvalue weighted by Gasteiger charge is -2.20. The van der Waals surface area contributed by atoms with Gasteiger partial charge in [0.2, 0.25) is 5.91 Å². The largest absolute Gasteiger partial charge is 0.497 e. The zero-order chi connectivity index (χ0) is 24.8. The van der Waals surface area contributed by atoms with Crippen LogP contribution in [-0.4, -0.2) is 43.4 Å². The van der Waals surface area contributed by atoms with Crippen molar-refractivity contribution in [1.29, 1.82) is 0 Å². The van der Waals surface area contributed by atoms with E-state index < -0.39 is 9.84 Å². The molecule has 0 atom stereocenters. The van der Waals surface area contributed by atoms with Crippen molar-refractivity contribution in [3.63, 3.8) is 0 Å². The molecule has 0 radical (unpaired) electrons. The number of thiazole rings is 1. The van der Waals surface area contributed by atoms with Crippen molar-refractivity contribution in [3.05, 3.63) is 72.6 Å². The number of ether oxygens (including phenoxy) is 1. The average molecular weight is 528 g/mol. The van der Waals surface area contributed by atoms with Gasteiger partial charge in [0.1, 0.15) is 5.75 Å². The third-order valence-electron chi connectivity index (χ3n) is 5.24. The Morgan fingerprint density at radius 1 is 1.14 bits per heavy atom. The SMILES string of the molecule is COc1ccc(SCCCC(=O)N(Cc2cccnc2)c2nc3ccc(S(C)(=O)=O)cc3s2)cc1. The van der Waals surface area contributed by atoms with Crippen LogP contribution in [0.5, 0.6) is 5.75 Å². The molecule has 0 spiro atoms. The van der Waals surface area contributed by atoms with Crippen LogP contribution in [0.1, 0.15) is 18.4 Å². The summed E-state index contributed by atoms with van der Waals surface area (Å²) in [5, 5.41) is 0.544. The van der Waals surface area contributed by atoms with Crippen LogP contribution in [0.15, 0.2) is 76.8 Å². The topological polar surface area (TPSA) is 89.5 Å². The summed E-state index contributed by atoms with van der Waals surface area (Å²) in [6, 6.07) is 16.5. The molecule has 0 saturated carbocycles. The Kier molecular flexibility index (Phi) is 8.04. The number of methoxy groups -OCH3 is 1. The Morgan fingerprint density at radius 2 is 1.94 bits per heavy atom. The number of sulfone groups is 1. The molecule has 35 heavy (non-hydrogen) atoms. The van der Waals surface area contributed by atoms with Crippen molar-refractivity contribution >= 4 is 54.2 Å². The van der Waals surface area contributed by atoms with Crippen LogP contribution < -0.4 is 9.64 Å². The van der Waals surface area contributed by atoms with E-state index in [-0.39, 0.29) is 10.8 Å². The highest BCUT2D eigenvalue weighted by molar-refractivity contribution is 7.99. The van der Waals surface area contributed by atoms with E-state index in [1.807, 2.05) is 36.4 Å². The first-order valence-corrected chi connectivity index (χ1v) is 14.6. The van der Waals surface area contributed by atoms with E-state index in [0.717, 1.165) is 26.7 Å². The lowest BCUT2D eigenvalue weighted by Crippen LogP contribution is -2.30. The molecule has 4 rings (SSSR count). The summed E-state index contributed by atoms with van der Waals surface area (Å²) in [7, 11) is -1.69. The Balaban J connectivity index is 1.49. The van der Waals surface area contributed by atoms with Gasteiger partial charge in [-0.25, -0.2) is 13.4 Å². The minimum atomic E-state index is -3.33. The van der Waals surface area contributed by atoms with Gasteiger partial charge < -0.3 is 4.74 Å². The summed E-state index contributed by atoms with van der Waals surface area (Å²) < 4.78 is 29.8. The zero-order valence-corrected chi connectivity index (χ0v) is 21.8. The van der Waals surface area contributed by atoms with Crippen molar-refractivity contribution in [2.45, 2.75) is 29.2 Å². The summed E-state index contributed by atoms with van der Waals surface area (Å²) >= 11 is 3.01. The summed E-state index contributed by atoms with van der Waals surface area (Å²) in [5.41, 5.74) is 1.56. The van der Waals surface area contributed by atoms with Crippen molar-refractivity contribution in [3.8, 4) is 5.75 Å². The van der Waals surface area contributed by atoms with Crippen LogP contribution in [0, 0.1) is 0 Å². The maximum Gasteiger partial charge on any atom is 0.229 e. The van der Waals surface area contributed by atoms with Crippen molar-refractivity contribution < 1.29 is 17.9 Å². The van der Waals surface area contributed by atoms with Gasteiger partial charge in [-0.05, 0) is 66.3 Å². The number of pyridine rings is 1. The molecule has 2 heterocycles. The number of fused-ring (bicyclic) bond motifs is 1. The molecular formula is C25H25N3O4S3. The van der Waals surface area contributed by atoms with Crippen LogP contribution in [0.4, 0.5) is 5.13 Å². The Labute approximate surface area is 213 Å². The van der Waals surface area contributed by atoms with E-state index in [2.05, 4.69) is 9.97 Å². The van der Waals surface area contributed by atoms with Crippen LogP contribution in [0.3, 0.4) is 0 Å². The lowest BCUT2D eigenvalue weighted by molar-refractivity contribution is -0.118. The third kappa shape index (κ3) is 6.59. The first-order chi connectivity index (χ1) is 16.8. The second kappa shape index (κ2) is 11.2. The maximum atomic E-state index is 13.3. The number of amides is 1. The molecule has 0 aliphatic rings. The monoisotopic (exact) mass is 527 g/mol. The molecule has 182 valence electrons. The van der Waals surface area contributed by atoms with Crippen molar-refractivity contribution in [2.24, 2.45) is 0 Å². The molecular weight excluding hydrogens is 502 g/mol. The summed E-state index contributed by atoms with van der Waals surface area (Å²) in [6.07, 6.45) is 5.68. The number of carbonyl (C=O) groups is 1. The Morgan fingerprint density at radius 3 is 2.63 bits per heavy atom. The molecule has 7 nitrogen and oxygen atoms in total. The quantitative estimate of drug-likeness (QED) is 0.207. The normalized spacial score (nSPS) is 11.5. The number of nitrogens with zero attached hydrogens (tertiary/aromatic N) is 3. The number of aromatic nitrogens is 2. The van der Waals surface area contributed by atoms with Gasteiger partial charge in [-0.3, -0.25) is 14.7 Å². The van der Waals surface area contributed by atoms with Crippen LogP contribution in [0.2, 0.25) is 0 Å². The number of thioether (sulfide) groups is 1. The zero-order valence-electron chi connectivity index (χ0n) is 19.4. The minimum Gasteiger partial charge on any atom is -0.497 e. The van der Waals surface area contributed by atoms with Gasteiger partial charge in [0, 0.05) is 30.0 Å². The van der Waals surface area contributed by atoms with Crippen molar-refractivity contribution in [1.82, 2.24) is 9.97 Å². The van der Waals surface area contributed by atoms with E-state index in [1.165, 1.54) is 17.6 Å². The molecule has 0 unspecified atom stereocenters. The fourth-order valence-corrected chi connectivity index (χ4v) is 5.99. The molecule has 0 saturated heterocycles. The van der Waals surface area contributed by atoms with E-state index in [4.69, 9.17) is 4.74 Å². The maximum absolute atomic E-state index is 13.3. The number of carbonyl (C=O) groups excluding carboxylic acids is 1. The second-order valence-corrected chi connectivity index (χ2v) is 12.1. The summed E-state index contributed by atoms with van der Waals surface area (Å²) in [4.78, 5) is 25.1. The highest BCUT2D eigenvalue weighted by Crippen LogP contribution is 2.32. The van der Waals surface area contributed by atoms with E-state index in [9.17, 15) is 13.2 Å². The fraction of sp³-hybridized carbons (Fsp3) is 0.240. The molecule has 2 aromatic heterocycles. The molecule has 0 bridgehead atoms. The lowest BCUT2D eigenvalue weighted by atomic mass is 10.2. The molecule has 2 aromatic carbocycles. The second-order valence-electron chi connectivity index (χ2n) is 7.87. The van der Waals surface area contributed by atoms with E-state index in [1.54, 1.807) is 54.4 Å². The Bertz CT molecular complexity index is 1410. The predicted octanol–water partition coefficient (Wildman–Crippen LogP) is 5.21. The van der Waals surface area contributed by atoms with Crippen LogP contribution >= 0.6 is 23.1 Å². The third-order valence-corrected chi connectivity index (χ3v) is 8.49. The number of anilines is 1.